The average molecular weight is 1740 g/mol. The number of aromatic nitrogens is 8. The van der Waals surface area contributed by atoms with Crippen LogP contribution in [0.15, 0.2) is 377 Å². The Morgan fingerprint density at radius 3 is 1.19 bits per heavy atom. The van der Waals surface area contributed by atoms with Crippen LogP contribution in [0.5, 0.6) is 0 Å². The van der Waals surface area contributed by atoms with Crippen LogP contribution in [0.3, 0.4) is 0 Å². The molecule has 0 amide bonds. The van der Waals surface area contributed by atoms with Gasteiger partial charge in [0.15, 0.2) is 17.5 Å². The van der Waals surface area contributed by atoms with Gasteiger partial charge < -0.3 is 0 Å². The summed E-state index contributed by atoms with van der Waals surface area (Å²) in [5, 5.41) is 20.1. The second-order valence-electron chi connectivity index (χ2n) is 28.1. The van der Waals surface area contributed by atoms with Crippen molar-refractivity contribution in [3.05, 3.63) is 383 Å². The van der Waals surface area contributed by atoms with Gasteiger partial charge in [-0.25, -0.2) is 39.9 Å². The highest BCUT2D eigenvalue weighted by molar-refractivity contribution is 9.11. The lowest BCUT2D eigenvalue weighted by atomic mass is 9.94. The molecule has 14 heteroatoms. The highest BCUT2D eigenvalue weighted by Gasteiger charge is 2.22. The maximum Gasteiger partial charge on any atom is 0.223 e. The molecule has 0 fully saturated rings. The van der Waals surface area contributed by atoms with E-state index in [2.05, 4.69) is 355 Å². The van der Waals surface area contributed by atoms with E-state index in [1.165, 1.54) is 62.6 Å². The monoisotopic (exact) mass is 1730 g/mol. The highest BCUT2D eigenvalue weighted by Crippen LogP contribution is 2.45. The maximum absolute atomic E-state index is 6.30. The molecule has 0 bridgehead atoms. The van der Waals surface area contributed by atoms with Gasteiger partial charge in [-0.15, -0.1) is 22.7 Å². The van der Waals surface area contributed by atoms with Crippen molar-refractivity contribution in [2.45, 2.75) is 0 Å². The van der Waals surface area contributed by atoms with Gasteiger partial charge in [-0.1, -0.05) is 351 Å². The van der Waals surface area contributed by atoms with Crippen molar-refractivity contribution in [2.75, 3.05) is 0 Å². The molecule has 8 nitrogen and oxygen atoms in total. The van der Waals surface area contributed by atoms with E-state index in [1.807, 2.05) is 78.1 Å². The number of halogens is 4. The van der Waals surface area contributed by atoms with Crippen LogP contribution in [-0.2, 0) is 0 Å². The Balaban J connectivity index is 0.000000101. The fourth-order valence-corrected chi connectivity index (χ4v) is 19.0. The molecule has 0 N–H and O–H groups in total. The summed E-state index contributed by atoms with van der Waals surface area (Å²) in [6.07, 6.45) is 0. The van der Waals surface area contributed by atoms with E-state index < -0.39 is 0 Å². The predicted octanol–water partition coefficient (Wildman–Crippen LogP) is 30.5. The molecule has 548 valence electrons. The van der Waals surface area contributed by atoms with Crippen LogP contribution in [0, 0.1) is 0 Å². The first-order valence-electron chi connectivity index (χ1n) is 37.8. The van der Waals surface area contributed by atoms with Gasteiger partial charge in [-0.2, -0.15) is 0 Å². The minimum absolute atomic E-state index is 0.270. The minimum atomic E-state index is 0.270. The zero-order valence-electron chi connectivity index (χ0n) is 61.5. The second kappa shape index (κ2) is 31.3. The average Bonchev–Trinajstić information content (AvgIpc) is 1.04. The van der Waals surface area contributed by atoms with E-state index in [0.29, 0.717) is 0 Å². The van der Waals surface area contributed by atoms with Gasteiger partial charge in [-0.3, -0.25) is 0 Å². The molecule has 116 heavy (non-hydrogen) atoms. The maximum atomic E-state index is 6.30. The summed E-state index contributed by atoms with van der Waals surface area (Å²) in [6, 6.07) is 126. The second-order valence-corrected chi connectivity index (χ2v) is 33.3. The molecule has 17 aromatic carbocycles. The number of fused-ring (bicyclic) bond motifs is 21. The lowest BCUT2D eigenvalue weighted by Gasteiger charge is -2.15. The standard InChI is InChI=1S/C30H17BrN2S.C28H17BrN2.C22H13BrN2S.C22H13ClN2/c31-21-12-15-26-25(17-21)23-13-11-20(16-27(23)34-26)30-32-28(19-7-2-1-3-8-19)24-14-10-18-6-4-5-9-22(18)29(24)33-30;29-20-16-14-19(15-17-20)28-30-26(18-8-2-1-3-9-18)25-23-12-6-4-10-21(23)22-11-5-7-13-24(22)27(25)31-28;23-16-12-10-14(11-13-16)20-19-17-8-4-5-9-18(17)26-22(19)25-21(24-20)15-6-2-1-3-7-15;23-22-24-20(14-8-2-1-3-9-14)19-17-12-6-4-10-15(17)16-11-5-7-13-18(16)21(19)25-22/h1-17H;1-17H;1-13H;1-13H. The molecule has 0 aliphatic rings. The van der Waals surface area contributed by atoms with E-state index in [4.69, 9.17) is 41.5 Å². The number of rotatable bonds is 7. The van der Waals surface area contributed by atoms with E-state index in [-0.39, 0.29) is 5.28 Å². The quantitative estimate of drug-likeness (QED) is 0.115. The Kier molecular flexibility index (Phi) is 19.5. The van der Waals surface area contributed by atoms with Gasteiger partial charge in [0.05, 0.1) is 39.3 Å². The summed E-state index contributed by atoms with van der Waals surface area (Å²) < 4.78 is 6.96. The summed E-state index contributed by atoms with van der Waals surface area (Å²) in [5.74, 6) is 2.25. The molecule has 6 aromatic heterocycles. The van der Waals surface area contributed by atoms with Gasteiger partial charge in [-0.05, 0) is 110 Å². The van der Waals surface area contributed by atoms with Crippen molar-refractivity contribution in [1.29, 1.82) is 0 Å². The summed E-state index contributed by atoms with van der Waals surface area (Å²) in [6.45, 7) is 0. The van der Waals surface area contributed by atoms with Gasteiger partial charge in [0.2, 0.25) is 5.28 Å². The molecular weight excluding hydrogens is 1680 g/mol. The Morgan fingerprint density at radius 2 is 0.595 bits per heavy atom. The Morgan fingerprint density at radius 1 is 0.207 bits per heavy atom. The molecule has 0 saturated carbocycles. The van der Waals surface area contributed by atoms with Crippen molar-refractivity contribution >= 4 is 209 Å². The molecule has 23 rings (SSSR count). The fourth-order valence-electron chi connectivity index (χ4n) is 15.7. The largest absolute Gasteiger partial charge is 0.227 e. The molecule has 0 saturated heterocycles. The SMILES string of the molecule is Brc1ccc(-c2nc(-c3ccccc3)c3c4ccccc4c4ccccc4c3n2)cc1.Brc1ccc(-c2nc(-c3ccccc3)nc3sc4ccccc4c23)cc1.Brc1ccc2sc3cc(-c4nc(-c5ccccc5)c5ccc6ccccc6c5n4)ccc3c2c1.Clc1nc(-c2ccccc2)c2c3ccccc3c3ccccc3c2n1. The number of nitrogens with zero attached hydrogens (tertiary/aromatic N) is 8. The van der Waals surface area contributed by atoms with Crippen LogP contribution in [0.25, 0.3) is 206 Å². The first-order chi connectivity index (χ1) is 57.2. The van der Waals surface area contributed by atoms with Gasteiger partial charge in [0.25, 0.3) is 0 Å². The lowest BCUT2D eigenvalue weighted by molar-refractivity contribution is 1.23. The normalized spacial score (nSPS) is 11.4. The highest BCUT2D eigenvalue weighted by atomic mass is 79.9. The third-order valence-corrected chi connectivity index (χ3v) is 25.0. The first-order valence-corrected chi connectivity index (χ1v) is 42.2. The number of thiophene rings is 2. The van der Waals surface area contributed by atoms with Crippen LogP contribution in [0.4, 0.5) is 0 Å². The smallest absolute Gasteiger partial charge is 0.223 e. The minimum Gasteiger partial charge on any atom is -0.227 e. The van der Waals surface area contributed by atoms with Crippen molar-refractivity contribution in [2.24, 2.45) is 0 Å². The Labute approximate surface area is 704 Å². The predicted molar refractivity (Wildman–Crippen MR) is 500 cm³/mol. The topological polar surface area (TPSA) is 103 Å². The van der Waals surface area contributed by atoms with Gasteiger partial charge >= 0.3 is 0 Å². The molecule has 0 aliphatic heterocycles. The van der Waals surface area contributed by atoms with Crippen molar-refractivity contribution in [3.63, 3.8) is 0 Å². The third-order valence-electron chi connectivity index (χ3n) is 21.0. The van der Waals surface area contributed by atoms with Crippen LogP contribution in [0.2, 0.25) is 5.28 Å². The molecular formula is C102H60Br3ClN8S2. The number of hydrogen-bond acceptors (Lipinski definition) is 10. The number of hydrogen-bond donors (Lipinski definition) is 0. The Bertz CT molecular complexity index is 7750. The molecule has 23 aromatic rings. The van der Waals surface area contributed by atoms with E-state index in [0.717, 1.165) is 157 Å². The van der Waals surface area contributed by atoms with Crippen molar-refractivity contribution in [1.82, 2.24) is 39.9 Å². The van der Waals surface area contributed by atoms with E-state index in [9.17, 15) is 0 Å². The van der Waals surface area contributed by atoms with E-state index in [1.54, 1.807) is 11.3 Å². The first kappa shape index (κ1) is 72.3. The fraction of sp³-hybridized carbons (Fsp3) is 0. The molecule has 0 unspecified atom stereocenters. The van der Waals surface area contributed by atoms with Gasteiger partial charge in [0.1, 0.15) is 4.83 Å². The summed E-state index contributed by atoms with van der Waals surface area (Å²) in [7, 11) is 0. The summed E-state index contributed by atoms with van der Waals surface area (Å²) in [5.41, 5.74) is 14.0. The summed E-state index contributed by atoms with van der Waals surface area (Å²) in [4.78, 5) is 40.5. The van der Waals surface area contributed by atoms with Crippen LogP contribution >= 0.6 is 82.1 Å². The lowest BCUT2D eigenvalue weighted by Crippen LogP contribution is -1.97. The zero-order valence-corrected chi connectivity index (χ0v) is 68.7. The van der Waals surface area contributed by atoms with Gasteiger partial charge in [0, 0.05) is 120 Å². The van der Waals surface area contributed by atoms with Crippen molar-refractivity contribution < 1.29 is 0 Å². The molecule has 0 aliphatic carbocycles. The third kappa shape index (κ3) is 13.7. The number of benzene rings is 17. The van der Waals surface area contributed by atoms with Crippen LogP contribution < -0.4 is 0 Å². The Hall–Kier alpha value is -12.7. The van der Waals surface area contributed by atoms with Crippen LogP contribution in [0.1, 0.15) is 0 Å². The zero-order chi connectivity index (χ0) is 77.7. The van der Waals surface area contributed by atoms with E-state index >= 15 is 0 Å². The molecule has 0 spiro atoms. The van der Waals surface area contributed by atoms with Crippen molar-refractivity contribution in [3.8, 4) is 79.2 Å². The molecule has 0 radical (unpaired) electrons. The summed E-state index contributed by atoms with van der Waals surface area (Å²) >= 11 is 20.5. The molecule has 6 heterocycles. The van der Waals surface area contributed by atoms with Crippen LogP contribution in [-0.4, -0.2) is 39.9 Å². The molecule has 0 atom stereocenters.